The molecule has 2 aromatic heterocycles. The lowest BCUT2D eigenvalue weighted by atomic mass is 10.0. The highest BCUT2D eigenvalue weighted by atomic mass is 16.6. The first-order valence-electron chi connectivity index (χ1n) is 7.90. The van der Waals surface area contributed by atoms with Crippen molar-refractivity contribution in [2.45, 2.75) is 79.1 Å². The molecule has 0 aliphatic carbocycles. The van der Waals surface area contributed by atoms with E-state index in [4.69, 9.17) is 0 Å². The first-order valence-corrected chi connectivity index (χ1v) is 7.90. The summed E-state index contributed by atoms with van der Waals surface area (Å²) in [5, 5.41) is 15.4. The van der Waals surface area contributed by atoms with E-state index in [0.29, 0.717) is 23.7 Å². The molecule has 0 fully saturated rings. The second-order valence-corrected chi connectivity index (χ2v) is 6.69. The average Bonchev–Trinajstić information content (AvgIpc) is 3.08. The predicted molar refractivity (Wildman–Crippen MR) is 85.0 cm³/mol. The molecule has 0 bridgehead atoms. The van der Waals surface area contributed by atoms with Gasteiger partial charge in [0, 0.05) is 23.7 Å². The lowest BCUT2D eigenvalue weighted by molar-refractivity contribution is 0.298. The Labute approximate surface area is 132 Å². The van der Waals surface area contributed by atoms with Crippen LogP contribution in [-0.2, 0) is 0 Å². The van der Waals surface area contributed by atoms with Gasteiger partial charge < -0.3 is 0 Å². The van der Waals surface area contributed by atoms with Gasteiger partial charge in [-0.2, -0.15) is 0 Å². The fraction of sp³-hybridized carbons (Fsp3) is 0.750. The molecule has 0 aromatic carbocycles. The minimum atomic E-state index is 0.402. The highest BCUT2D eigenvalue weighted by Crippen LogP contribution is 2.22. The zero-order chi connectivity index (χ0) is 16.9. The molecule has 2 heterocycles. The fourth-order valence-corrected chi connectivity index (χ4v) is 2.01. The van der Waals surface area contributed by atoms with Crippen LogP contribution < -0.4 is 0 Å². The molecule has 0 radical (unpaired) electrons. The largest absolute Gasteiger partial charge is 0.244 e. The van der Waals surface area contributed by atoms with Crippen LogP contribution in [0.3, 0.4) is 0 Å². The van der Waals surface area contributed by atoms with Crippen molar-refractivity contribution in [2.75, 3.05) is 0 Å². The van der Waals surface area contributed by atoms with Crippen LogP contribution in [0.15, 0.2) is 9.26 Å². The van der Waals surface area contributed by atoms with E-state index in [2.05, 4.69) is 85.3 Å². The fourth-order valence-electron chi connectivity index (χ4n) is 2.01. The van der Waals surface area contributed by atoms with E-state index in [0.717, 1.165) is 22.8 Å². The molecule has 0 aliphatic heterocycles. The summed E-state index contributed by atoms with van der Waals surface area (Å²) >= 11 is 0. The summed E-state index contributed by atoms with van der Waals surface area (Å²) in [6.45, 7) is 16.7. The molecule has 0 aliphatic rings. The van der Waals surface area contributed by atoms with Crippen molar-refractivity contribution < 1.29 is 9.26 Å². The van der Waals surface area contributed by atoms with E-state index in [1.54, 1.807) is 0 Å². The molecule has 6 heteroatoms. The molecule has 6 nitrogen and oxygen atoms in total. The molecule has 0 N–H and O–H groups in total. The van der Waals surface area contributed by atoms with Crippen molar-refractivity contribution in [2.24, 2.45) is 0 Å². The van der Waals surface area contributed by atoms with Crippen molar-refractivity contribution in [3.8, 4) is 0 Å². The Morgan fingerprint density at radius 1 is 0.455 bits per heavy atom. The zero-order valence-corrected chi connectivity index (χ0v) is 14.9. The van der Waals surface area contributed by atoms with Gasteiger partial charge in [-0.05, 0) is 0 Å². The molecule has 0 unspecified atom stereocenters. The molecule has 0 saturated carbocycles. The van der Waals surface area contributed by atoms with Crippen LogP contribution in [0.1, 0.15) is 102 Å². The van der Waals surface area contributed by atoms with Crippen molar-refractivity contribution in [1.82, 2.24) is 20.6 Å². The third-order valence-corrected chi connectivity index (χ3v) is 3.27. The van der Waals surface area contributed by atoms with Gasteiger partial charge in [-0.25, -0.2) is 9.26 Å². The summed E-state index contributed by atoms with van der Waals surface area (Å²) in [5.41, 5.74) is 3.94. The third-order valence-electron chi connectivity index (χ3n) is 3.27. The van der Waals surface area contributed by atoms with Gasteiger partial charge in [0.25, 0.3) is 0 Å². The maximum atomic E-state index is 4.67. The van der Waals surface area contributed by atoms with Crippen molar-refractivity contribution in [1.29, 1.82) is 0 Å². The van der Waals surface area contributed by atoms with Crippen molar-refractivity contribution >= 4 is 0 Å². The Morgan fingerprint density at radius 2 is 0.636 bits per heavy atom. The highest BCUT2D eigenvalue weighted by molar-refractivity contribution is 5.15. The smallest absolute Gasteiger partial charge is 0.111 e. The van der Waals surface area contributed by atoms with E-state index >= 15 is 0 Å². The van der Waals surface area contributed by atoms with Crippen molar-refractivity contribution in [3.05, 3.63) is 22.8 Å². The summed E-state index contributed by atoms with van der Waals surface area (Å²) in [7, 11) is 0. The standard InChI is InChI=1S/2C8H14N2O/c2*1-5(2)7-8(6(3)4)10-11-9-7/h2*5-6H,1-4H3. The molecular formula is C16H28N4O2. The summed E-state index contributed by atoms with van der Waals surface area (Å²) in [5.74, 6) is 1.61. The molecule has 0 spiro atoms. The summed E-state index contributed by atoms with van der Waals surface area (Å²) in [6.07, 6.45) is 0. The number of nitrogens with zero attached hydrogens (tertiary/aromatic N) is 4. The molecule has 0 amide bonds. The van der Waals surface area contributed by atoms with Gasteiger partial charge >= 0.3 is 0 Å². The monoisotopic (exact) mass is 308 g/mol. The number of hydrogen-bond donors (Lipinski definition) is 0. The Kier molecular flexibility index (Phi) is 6.71. The molecular weight excluding hydrogens is 280 g/mol. The Morgan fingerprint density at radius 3 is 0.773 bits per heavy atom. The number of rotatable bonds is 4. The topological polar surface area (TPSA) is 77.8 Å². The Balaban J connectivity index is 0.000000220. The molecule has 22 heavy (non-hydrogen) atoms. The van der Waals surface area contributed by atoms with Crippen LogP contribution in [0.2, 0.25) is 0 Å². The maximum Gasteiger partial charge on any atom is 0.111 e. The van der Waals surface area contributed by atoms with E-state index in [9.17, 15) is 0 Å². The summed E-state index contributed by atoms with van der Waals surface area (Å²) < 4.78 is 9.34. The third kappa shape index (κ3) is 4.64. The van der Waals surface area contributed by atoms with Crippen LogP contribution in [-0.4, -0.2) is 20.6 Å². The second-order valence-electron chi connectivity index (χ2n) is 6.69. The summed E-state index contributed by atoms with van der Waals surface area (Å²) in [4.78, 5) is 0. The lowest BCUT2D eigenvalue weighted by Crippen LogP contribution is -1.96. The summed E-state index contributed by atoms with van der Waals surface area (Å²) in [6, 6.07) is 0. The van der Waals surface area contributed by atoms with Crippen LogP contribution in [0.4, 0.5) is 0 Å². The average molecular weight is 308 g/mol. The minimum Gasteiger partial charge on any atom is -0.244 e. The van der Waals surface area contributed by atoms with Crippen LogP contribution >= 0.6 is 0 Å². The van der Waals surface area contributed by atoms with Crippen LogP contribution in [0, 0.1) is 0 Å². The molecule has 2 aromatic rings. The van der Waals surface area contributed by atoms with Gasteiger partial charge in [0.2, 0.25) is 0 Å². The second kappa shape index (κ2) is 8.06. The zero-order valence-electron chi connectivity index (χ0n) is 14.9. The normalized spacial score (nSPS) is 11.5. The maximum absolute atomic E-state index is 4.67. The van der Waals surface area contributed by atoms with Gasteiger partial charge in [-0.3, -0.25) is 0 Å². The van der Waals surface area contributed by atoms with E-state index < -0.39 is 0 Å². The van der Waals surface area contributed by atoms with Gasteiger partial charge in [0.15, 0.2) is 0 Å². The Bertz CT molecular complexity index is 461. The van der Waals surface area contributed by atoms with E-state index in [-0.39, 0.29) is 0 Å². The highest BCUT2D eigenvalue weighted by Gasteiger charge is 2.16. The lowest BCUT2D eigenvalue weighted by Gasteiger charge is -2.03. The SMILES string of the molecule is CC(C)c1nonc1C(C)C.CC(C)c1nonc1C(C)C. The van der Waals surface area contributed by atoms with Gasteiger partial charge in [0.1, 0.15) is 22.8 Å². The van der Waals surface area contributed by atoms with Crippen LogP contribution in [0.25, 0.3) is 0 Å². The minimum absolute atomic E-state index is 0.402. The van der Waals surface area contributed by atoms with Gasteiger partial charge in [0.05, 0.1) is 0 Å². The van der Waals surface area contributed by atoms with E-state index in [1.807, 2.05) is 0 Å². The molecule has 0 saturated heterocycles. The van der Waals surface area contributed by atoms with E-state index in [1.165, 1.54) is 0 Å². The quantitative estimate of drug-likeness (QED) is 0.819. The first kappa shape index (κ1) is 18.3. The molecule has 124 valence electrons. The van der Waals surface area contributed by atoms with Crippen LogP contribution in [0.5, 0.6) is 0 Å². The predicted octanol–water partition coefficient (Wildman–Crippen LogP) is 4.63. The van der Waals surface area contributed by atoms with Crippen molar-refractivity contribution in [3.63, 3.8) is 0 Å². The Hall–Kier alpha value is -1.72. The number of aromatic nitrogens is 4. The molecule has 2 rings (SSSR count). The molecule has 0 atom stereocenters. The van der Waals surface area contributed by atoms with Gasteiger partial charge in [-0.1, -0.05) is 76.0 Å². The van der Waals surface area contributed by atoms with Gasteiger partial charge in [-0.15, -0.1) is 0 Å². The number of hydrogen-bond acceptors (Lipinski definition) is 6. The first-order chi connectivity index (χ1) is 10.3.